The van der Waals surface area contributed by atoms with Gasteiger partial charge in [-0.25, -0.2) is 0 Å². The minimum absolute atomic E-state index is 0. The van der Waals surface area contributed by atoms with Gasteiger partial charge in [-0.15, -0.1) is 24.0 Å². The lowest BCUT2D eigenvalue weighted by molar-refractivity contribution is 0.110. The van der Waals surface area contributed by atoms with E-state index in [4.69, 9.17) is 9.47 Å². The number of aliphatic imine (C=N–C) groups is 1. The first-order valence-corrected chi connectivity index (χ1v) is 10.7. The first kappa shape index (κ1) is 27.2. The monoisotopic (exact) mass is 543 g/mol. The average molecular weight is 543 g/mol. The zero-order valence-corrected chi connectivity index (χ0v) is 22.0. The molecule has 1 heterocycles. The van der Waals surface area contributed by atoms with Gasteiger partial charge in [-0.1, -0.05) is 19.1 Å². The van der Waals surface area contributed by atoms with E-state index >= 15 is 0 Å². The molecule has 0 fully saturated rings. The summed E-state index contributed by atoms with van der Waals surface area (Å²) >= 11 is 0. The molecule has 1 atom stereocenters. The highest BCUT2D eigenvalue weighted by Crippen LogP contribution is 2.20. The highest BCUT2D eigenvalue weighted by molar-refractivity contribution is 14.0. The summed E-state index contributed by atoms with van der Waals surface area (Å²) in [7, 11) is 1.79. The molecule has 31 heavy (non-hydrogen) atoms. The third kappa shape index (κ3) is 9.47. The predicted molar refractivity (Wildman–Crippen MR) is 138 cm³/mol. The molecular formula is C23H38IN5O2. The molecule has 0 saturated carbocycles. The molecule has 0 aliphatic heterocycles. The van der Waals surface area contributed by atoms with Crippen molar-refractivity contribution in [3.63, 3.8) is 0 Å². The van der Waals surface area contributed by atoms with Gasteiger partial charge in [0.1, 0.15) is 12.4 Å². The summed E-state index contributed by atoms with van der Waals surface area (Å²) in [4.78, 5) is 4.35. The lowest BCUT2D eigenvalue weighted by Crippen LogP contribution is -2.39. The predicted octanol–water partition coefficient (Wildman–Crippen LogP) is 3.84. The van der Waals surface area contributed by atoms with Gasteiger partial charge in [0, 0.05) is 44.5 Å². The maximum Gasteiger partial charge on any atom is 0.191 e. The minimum Gasteiger partial charge on any atom is -0.491 e. The fourth-order valence-corrected chi connectivity index (χ4v) is 3.19. The molecule has 0 aliphatic carbocycles. The third-order valence-corrected chi connectivity index (χ3v) is 4.79. The topological polar surface area (TPSA) is 72.7 Å². The molecule has 1 unspecified atom stereocenters. The van der Waals surface area contributed by atoms with Gasteiger partial charge in [-0.2, -0.15) is 5.10 Å². The minimum atomic E-state index is 0. The van der Waals surface area contributed by atoms with Gasteiger partial charge in [-0.3, -0.25) is 9.67 Å². The second-order valence-corrected chi connectivity index (χ2v) is 7.68. The van der Waals surface area contributed by atoms with Crippen LogP contribution in [0.1, 0.15) is 36.4 Å². The van der Waals surface area contributed by atoms with Crippen LogP contribution in [0.5, 0.6) is 5.75 Å². The van der Waals surface area contributed by atoms with Crippen molar-refractivity contribution in [2.75, 3.05) is 33.4 Å². The molecule has 7 nitrogen and oxygen atoms in total. The molecule has 0 radical (unpaired) electrons. The van der Waals surface area contributed by atoms with E-state index in [9.17, 15) is 0 Å². The summed E-state index contributed by atoms with van der Waals surface area (Å²) in [5.74, 6) is 2.07. The number of hydrogen-bond acceptors (Lipinski definition) is 4. The lowest BCUT2D eigenvalue weighted by Gasteiger charge is -2.18. The zero-order valence-electron chi connectivity index (χ0n) is 19.7. The summed E-state index contributed by atoms with van der Waals surface area (Å²) in [5.41, 5.74) is 4.52. The van der Waals surface area contributed by atoms with E-state index in [1.165, 1.54) is 11.3 Å². The number of benzene rings is 1. The van der Waals surface area contributed by atoms with Crippen molar-refractivity contribution < 1.29 is 9.47 Å². The molecule has 1 aromatic heterocycles. The maximum absolute atomic E-state index is 5.93. The average Bonchev–Trinajstić information content (AvgIpc) is 3.03. The van der Waals surface area contributed by atoms with Gasteiger partial charge in [0.05, 0.1) is 12.3 Å². The lowest BCUT2D eigenvalue weighted by atomic mass is 10.1. The second-order valence-electron chi connectivity index (χ2n) is 7.68. The van der Waals surface area contributed by atoms with E-state index in [0.29, 0.717) is 32.3 Å². The van der Waals surface area contributed by atoms with E-state index in [-0.39, 0.29) is 24.0 Å². The standard InChI is InChI=1S/C23H37N5O2.HI/c1-7-29-10-11-30-22-12-17(2)8-9-21(22)15-26-23(24-6)25-14-18(3)16-28-20(5)13-19(4)27-28;/h8-9,12-13,18H,7,10-11,14-16H2,1-6H3,(H2,24,25,26);1H. The molecule has 1 aromatic carbocycles. The van der Waals surface area contributed by atoms with Gasteiger partial charge >= 0.3 is 0 Å². The molecule has 2 rings (SSSR count). The first-order chi connectivity index (χ1) is 14.4. The molecular weight excluding hydrogens is 505 g/mol. The summed E-state index contributed by atoms with van der Waals surface area (Å²) in [6, 6.07) is 8.36. The molecule has 0 aliphatic rings. The largest absolute Gasteiger partial charge is 0.491 e. The number of ether oxygens (including phenoxy) is 2. The van der Waals surface area contributed by atoms with Gasteiger partial charge in [0.2, 0.25) is 0 Å². The van der Waals surface area contributed by atoms with Crippen LogP contribution in [0.25, 0.3) is 0 Å². The number of aryl methyl sites for hydroxylation is 3. The molecule has 2 aromatic rings. The van der Waals surface area contributed by atoms with E-state index in [0.717, 1.165) is 36.1 Å². The van der Waals surface area contributed by atoms with Crippen LogP contribution in [0.2, 0.25) is 0 Å². The molecule has 0 amide bonds. The third-order valence-electron chi connectivity index (χ3n) is 4.79. The second kappa shape index (κ2) is 14.3. The number of halogens is 1. The van der Waals surface area contributed by atoms with Crippen molar-refractivity contribution in [1.29, 1.82) is 0 Å². The Labute approximate surface area is 204 Å². The zero-order chi connectivity index (χ0) is 21.9. The molecule has 8 heteroatoms. The summed E-state index contributed by atoms with van der Waals surface area (Å²) in [6.07, 6.45) is 0. The van der Waals surface area contributed by atoms with Crippen LogP contribution in [0, 0.1) is 26.7 Å². The summed E-state index contributed by atoms with van der Waals surface area (Å²) < 4.78 is 13.4. The van der Waals surface area contributed by atoms with Crippen LogP contribution in [-0.4, -0.2) is 49.2 Å². The molecule has 0 spiro atoms. The highest BCUT2D eigenvalue weighted by Gasteiger charge is 2.10. The Balaban J connectivity index is 0.00000480. The van der Waals surface area contributed by atoms with Crippen LogP contribution >= 0.6 is 24.0 Å². The van der Waals surface area contributed by atoms with Crippen LogP contribution < -0.4 is 15.4 Å². The van der Waals surface area contributed by atoms with Crippen molar-refractivity contribution >= 4 is 29.9 Å². The number of guanidine groups is 1. The Morgan fingerprint density at radius 2 is 1.94 bits per heavy atom. The number of nitrogens with one attached hydrogen (secondary N) is 2. The van der Waals surface area contributed by atoms with Gasteiger partial charge in [-0.05, 0) is 51.3 Å². The summed E-state index contributed by atoms with van der Waals surface area (Å²) in [5, 5.41) is 11.3. The highest BCUT2D eigenvalue weighted by atomic mass is 127. The van der Waals surface area contributed by atoms with Crippen molar-refractivity contribution in [3.05, 3.63) is 46.8 Å². The SMILES string of the molecule is CCOCCOc1cc(C)ccc1CNC(=NC)NCC(C)Cn1nc(C)cc1C.I. The molecule has 2 N–H and O–H groups in total. The van der Waals surface area contributed by atoms with Crippen molar-refractivity contribution in [2.45, 2.75) is 47.7 Å². The normalized spacial score (nSPS) is 12.3. The van der Waals surface area contributed by atoms with Gasteiger partial charge < -0.3 is 20.1 Å². The quantitative estimate of drug-likeness (QED) is 0.195. The summed E-state index contributed by atoms with van der Waals surface area (Å²) in [6.45, 7) is 14.5. The first-order valence-electron chi connectivity index (χ1n) is 10.7. The van der Waals surface area contributed by atoms with E-state index in [1.807, 2.05) is 13.8 Å². The Kier molecular flexibility index (Phi) is 12.5. The number of nitrogens with zero attached hydrogens (tertiary/aromatic N) is 3. The fourth-order valence-electron chi connectivity index (χ4n) is 3.19. The molecule has 0 saturated heterocycles. The number of hydrogen-bond donors (Lipinski definition) is 2. The molecule has 0 bridgehead atoms. The number of aromatic nitrogens is 2. The van der Waals surface area contributed by atoms with E-state index in [1.54, 1.807) is 7.05 Å². The Hall–Kier alpha value is -1.81. The van der Waals surface area contributed by atoms with Crippen molar-refractivity contribution in [3.8, 4) is 5.75 Å². The van der Waals surface area contributed by atoms with Crippen LogP contribution in [-0.2, 0) is 17.8 Å². The molecule has 174 valence electrons. The van der Waals surface area contributed by atoms with Crippen molar-refractivity contribution in [2.24, 2.45) is 10.9 Å². The smallest absolute Gasteiger partial charge is 0.191 e. The van der Waals surface area contributed by atoms with E-state index in [2.05, 4.69) is 70.4 Å². The van der Waals surface area contributed by atoms with E-state index < -0.39 is 0 Å². The van der Waals surface area contributed by atoms with Crippen LogP contribution in [0.4, 0.5) is 0 Å². The van der Waals surface area contributed by atoms with Gasteiger partial charge in [0.15, 0.2) is 5.96 Å². The van der Waals surface area contributed by atoms with Crippen LogP contribution in [0.15, 0.2) is 29.3 Å². The van der Waals surface area contributed by atoms with Gasteiger partial charge in [0.25, 0.3) is 0 Å². The van der Waals surface area contributed by atoms with Crippen LogP contribution in [0.3, 0.4) is 0 Å². The maximum atomic E-state index is 5.93. The van der Waals surface area contributed by atoms with Crippen molar-refractivity contribution in [1.82, 2.24) is 20.4 Å². The Morgan fingerprint density at radius 1 is 1.16 bits per heavy atom. The Bertz CT molecular complexity index is 822. The number of rotatable bonds is 11. The Morgan fingerprint density at radius 3 is 2.58 bits per heavy atom. The fraction of sp³-hybridized carbons (Fsp3) is 0.565.